The van der Waals surface area contributed by atoms with E-state index in [0.29, 0.717) is 18.8 Å². The average Bonchev–Trinajstić information content (AvgIpc) is 3.41. The first kappa shape index (κ1) is 16.5. The van der Waals surface area contributed by atoms with E-state index in [9.17, 15) is 4.79 Å². The van der Waals surface area contributed by atoms with Gasteiger partial charge < -0.3 is 4.90 Å². The summed E-state index contributed by atoms with van der Waals surface area (Å²) in [5.41, 5.74) is 4.32. The highest BCUT2D eigenvalue weighted by molar-refractivity contribution is 5.92. The molecule has 1 unspecified atom stereocenters. The Kier molecular flexibility index (Phi) is 4.01. The van der Waals surface area contributed by atoms with Gasteiger partial charge in [0.15, 0.2) is 0 Å². The fourth-order valence-corrected chi connectivity index (χ4v) is 3.65. The van der Waals surface area contributed by atoms with Gasteiger partial charge in [-0.1, -0.05) is 17.3 Å². The van der Waals surface area contributed by atoms with Crippen molar-refractivity contribution in [3.05, 3.63) is 72.8 Å². The molecule has 0 N–H and O–H groups in total. The zero-order valence-corrected chi connectivity index (χ0v) is 15.0. The molecule has 1 fully saturated rings. The monoisotopic (exact) mass is 371 g/mol. The summed E-state index contributed by atoms with van der Waals surface area (Å²) in [7, 11) is 0. The summed E-state index contributed by atoms with van der Waals surface area (Å²) in [5, 5.41) is 8.71. The van der Waals surface area contributed by atoms with Crippen LogP contribution in [0.2, 0.25) is 0 Å². The van der Waals surface area contributed by atoms with Crippen molar-refractivity contribution in [3.8, 4) is 11.1 Å². The molecule has 4 aromatic heterocycles. The Hall–Kier alpha value is -3.68. The first-order chi connectivity index (χ1) is 13.8. The number of amides is 1. The Labute approximate surface area is 160 Å². The van der Waals surface area contributed by atoms with Gasteiger partial charge in [0.25, 0.3) is 5.91 Å². The number of carbonyl (C=O) groups excluding carboxylic acids is 1. The molecule has 5 rings (SSSR count). The molecule has 138 valence electrons. The van der Waals surface area contributed by atoms with Gasteiger partial charge in [-0.2, -0.15) is 0 Å². The number of nitrogens with zero attached hydrogens (tertiary/aromatic N) is 7. The largest absolute Gasteiger partial charge is 0.337 e. The first-order valence-corrected chi connectivity index (χ1v) is 9.10. The van der Waals surface area contributed by atoms with Crippen LogP contribution in [0.4, 0.5) is 0 Å². The average molecular weight is 371 g/mol. The number of hydrogen-bond acceptors (Lipinski definition) is 6. The maximum absolute atomic E-state index is 12.6. The summed E-state index contributed by atoms with van der Waals surface area (Å²) in [6.45, 7) is 1.28. The second-order valence-electron chi connectivity index (χ2n) is 6.79. The van der Waals surface area contributed by atoms with Gasteiger partial charge in [0, 0.05) is 61.1 Å². The van der Waals surface area contributed by atoms with Crippen LogP contribution in [0.3, 0.4) is 0 Å². The second kappa shape index (κ2) is 6.80. The van der Waals surface area contributed by atoms with Crippen LogP contribution in [0.1, 0.15) is 28.5 Å². The van der Waals surface area contributed by atoms with Gasteiger partial charge in [0.05, 0.1) is 17.4 Å². The van der Waals surface area contributed by atoms with Crippen LogP contribution in [-0.4, -0.2) is 53.7 Å². The lowest BCUT2D eigenvalue weighted by atomic mass is 10.0. The summed E-state index contributed by atoms with van der Waals surface area (Å²) in [6, 6.07) is 8.01. The molecule has 1 amide bonds. The number of aromatic nitrogens is 6. The molecule has 0 saturated carbocycles. The fraction of sp³-hybridized carbons (Fsp3) is 0.200. The quantitative estimate of drug-likeness (QED) is 0.549. The molecule has 0 aromatic carbocycles. The third-order valence-corrected chi connectivity index (χ3v) is 5.08. The van der Waals surface area contributed by atoms with Crippen LogP contribution in [0.5, 0.6) is 0 Å². The van der Waals surface area contributed by atoms with Crippen LogP contribution in [-0.2, 0) is 0 Å². The Balaban J connectivity index is 1.39. The van der Waals surface area contributed by atoms with Gasteiger partial charge in [-0.3, -0.25) is 14.8 Å². The molecular formula is C20H17N7O. The van der Waals surface area contributed by atoms with E-state index in [2.05, 4.69) is 31.3 Å². The molecule has 1 aliphatic rings. The van der Waals surface area contributed by atoms with E-state index >= 15 is 0 Å². The van der Waals surface area contributed by atoms with Gasteiger partial charge in [-0.25, -0.2) is 9.50 Å². The van der Waals surface area contributed by atoms with Crippen molar-refractivity contribution >= 4 is 11.4 Å². The molecule has 0 spiro atoms. The topological polar surface area (TPSA) is 89.2 Å². The molecule has 0 aliphatic carbocycles. The summed E-state index contributed by atoms with van der Waals surface area (Å²) >= 11 is 0. The lowest BCUT2D eigenvalue weighted by Gasteiger charge is -2.15. The third-order valence-electron chi connectivity index (χ3n) is 5.08. The molecule has 8 heteroatoms. The molecule has 1 aliphatic heterocycles. The van der Waals surface area contributed by atoms with Crippen molar-refractivity contribution in [1.29, 1.82) is 0 Å². The van der Waals surface area contributed by atoms with Gasteiger partial charge in [0.1, 0.15) is 5.69 Å². The van der Waals surface area contributed by atoms with E-state index in [-0.39, 0.29) is 11.8 Å². The predicted molar refractivity (Wildman–Crippen MR) is 102 cm³/mol. The maximum Gasteiger partial charge on any atom is 0.274 e. The minimum Gasteiger partial charge on any atom is -0.337 e. The fourth-order valence-electron chi connectivity index (χ4n) is 3.65. The minimum absolute atomic E-state index is 0.0917. The standard InChI is InChI=1S/C20H17N7O/c28-20(17-11-22-7-8-23-17)26-9-5-16(12-26)19-18-4-3-15(13-27(18)25-24-19)14-2-1-6-21-10-14/h1-4,6-8,10-11,13,16H,5,9,12H2. The predicted octanol–water partition coefficient (Wildman–Crippen LogP) is 2.21. The van der Waals surface area contributed by atoms with Crippen LogP contribution < -0.4 is 0 Å². The van der Waals surface area contributed by atoms with Gasteiger partial charge in [0.2, 0.25) is 0 Å². The molecule has 4 aromatic rings. The molecule has 8 nitrogen and oxygen atoms in total. The Morgan fingerprint density at radius 1 is 1.04 bits per heavy atom. The van der Waals surface area contributed by atoms with Crippen molar-refractivity contribution in [3.63, 3.8) is 0 Å². The van der Waals surface area contributed by atoms with Crippen molar-refractivity contribution < 1.29 is 4.79 Å². The van der Waals surface area contributed by atoms with E-state index < -0.39 is 0 Å². The maximum atomic E-state index is 12.6. The van der Waals surface area contributed by atoms with Crippen LogP contribution in [0.15, 0.2) is 61.4 Å². The number of carbonyl (C=O) groups is 1. The highest BCUT2D eigenvalue weighted by Crippen LogP contribution is 2.30. The highest BCUT2D eigenvalue weighted by atomic mass is 16.2. The lowest BCUT2D eigenvalue weighted by molar-refractivity contribution is 0.0784. The molecule has 1 saturated heterocycles. The summed E-state index contributed by atoms with van der Waals surface area (Å²) in [6.07, 6.45) is 11.0. The second-order valence-corrected chi connectivity index (χ2v) is 6.79. The van der Waals surface area contributed by atoms with Gasteiger partial charge in [-0.05, 0) is 18.6 Å². The number of fused-ring (bicyclic) bond motifs is 1. The zero-order valence-electron chi connectivity index (χ0n) is 15.0. The Morgan fingerprint density at radius 3 is 2.79 bits per heavy atom. The normalized spacial score (nSPS) is 16.6. The van der Waals surface area contributed by atoms with E-state index in [1.165, 1.54) is 12.4 Å². The number of hydrogen-bond donors (Lipinski definition) is 0. The zero-order chi connectivity index (χ0) is 18.9. The van der Waals surface area contributed by atoms with E-state index in [1.54, 1.807) is 16.9 Å². The molecular weight excluding hydrogens is 354 g/mol. The van der Waals surface area contributed by atoms with Crippen molar-refractivity contribution in [2.24, 2.45) is 0 Å². The van der Waals surface area contributed by atoms with Crippen molar-refractivity contribution in [2.75, 3.05) is 13.1 Å². The first-order valence-electron chi connectivity index (χ1n) is 9.10. The van der Waals surface area contributed by atoms with Gasteiger partial charge in [-0.15, -0.1) is 5.10 Å². The van der Waals surface area contributed by atoms with Crippen LogP contribution >= 0.6 is 0 Å². The van der Waals surface area contributed by atoms with Crippen molar-refractivity contribution in [2.45, 2.75) is 12.3 Å². The van der Waals surface area contributed by atoms with Crippen LogP contribution in [0, 0.1) is 0 Å². The summed E-state index contributed by atoms with van der Waals surface area (Å²) < 4.78 is 1.80. The van der Waals surface area contributed by atoms with Crippen molar-refractivity contribution in [1.82, 2.24) is 34.7 Å². The molecule has 0 bridgehead atoms. The lowest BCUT2D eigenvalue weighted by Crippen LogP contribution is -2.29. The number of rotatable bonds is 3. The highest BCUT2D eigenvalue weighted by Gasteiger charge is 2.31. The van der Waals surface area contributed by atoms with Crippen LogP contribution in [0.25, 0.3) is 16.6 Å². The Morgan fingerprint density at radius 2 is 1.96 bits per heavy atom. The summed E-state index contributed by atoms with van der Waals surface area (Å²) in [5.74, 6) is 0.0632. The third kappa shape index (κ3) is 2.88. The molecule has 5 heterocycles. The molecule has 0 radical (unpaired) electrons. The minimum atomic E-state index is -0.0917. The Bertz CT molecular complexity index is 1130. The number of pyridine rings is 2. The molecule has 28 heavy (non-hydrogen) atoms. The van der Waals surface area contributed by atoms with E-state index in [4.69, 9.17) is 0 Å². The van der Waals surface area contributed by atoms with Gasteiger partial charge >= 0.3 is 0 Å². The summed E-state index contributed by atoms with van der Waals surface area (Å²) in [4.78, 5) is 26.7. The van der Waals surface area contributed by atoms with E-state index in [1.807, 2.05) is 35.5 Å². The molecule has 1 atom stereocenters. The smallest absolute Gasteiger partial charge is 0.274 e. The number of likely N-dealkylation sites (tertiary alicyclic amines) is 1. The van der Waals surface area contributed by atoms with E-state index in [0.717, 1.165) is 28.8 Å². The SMILES string of the molecule is O=C(c1cnccn1)N1CCC(c2nnn3cc(-c4cccnc4)ccc23)C1.